The number of aliphatic hydroxyl groups excluding tert-OH is 3. The van der Waals surface area contributed by atoms with E-state index in [1.165, 1.54) is 12.5 Å². The van der Waals surface area contributed by atoms with Crippen LogP contribution in [0.15, 0.2) is 12.5 Å². The Hall–Kier alpha value is -1.81. The van der Waals surface area contributed by atoms with Crippen LogP contribution in [0.25, 0.3) is 0 Å². The molecule has 0 unspecified atom stereocenters. The maximum Gasteiger partial charge on any atom is 0.211 e. The van der Waals surface area contributed by atoms with E-state index in [0.717, 1.165) is 0 Å². The quantitative estimate of drug-likeness (QED) is 0.392. The van der Waals surface area contributed by atoms with Crippen molar-refractivity contribution in [2.75, 3.05) is 17.2 Å². The number of carbonyl (C=O) groups excluding carboxylic acids is 1. The predicted molar refractivity (Wildman–Crippen MR) is 63.1 cm³/mol. The van der Waals surface area contributed by atoms with E-state index >= 15 is 0 Å². The zero-order chi connectivity index (χ0) is 13.8. The fourth-order valence-electron chi connectivity index (χ4n) is 1.68. The second kappa shape index (κ2) is 5.89. The molecular weight excluding hydrogens is 256 g/mol. The summed E-state index contributed by atoms with van der Waals surface area (Å²) in [6, 6.07) is 0. The molecule has 9 nitrogen and oxygen atoms in total. The van der Waals surface area contributed by atoms with Crippen LogP contribution in [0.2, 0.25) is 0 Å². The van der Waals surface area contributed by atoms with Gasteiger partial charge in [0.1, 0.15) is 30.3 Å². The minimum atomic E-state index is -1.33. The minimum absolute atomic E-state index is 0.128. The number of anilines is 2. The Kier molecular flexibility index (Phi) is 4.22. The number of hydrogen-bond donors (Lipinski definition) is 5. The highest BCUT2D eigenvalue weighted by Gasteiger charge is 2.37. The third-order valence-corrected chi connectivity index (χ3v) is 2.71. The zero-order valence-electron chi connectivity index (χ0n) is 9.80. The molecule has 1 aliphatic heterocycles. The third-order valence-electron chi connectivity index (χ3n) is 2.71. The summed E-state index contributed by atoms with van der Waals surface area (Å²) < 4.78 is 5.16. The van der Waals surface area contributed by atoms with Gasteiger partial charge < -0.3 is 30.7 Å². The number of rotatable bonds is 4. The van der Waals surface area contributed by atoms with E-state index in [-0.39, 0.29) is 12.4 Å². The number of aliphatic hydroxyl groups is 3. The molecule has 9 heteroatoms. The minimum Gasteiger partial charge on any atom is -0.388 e. The SMILES string of the molecule is O=CNc1cncnc1N[C@@H]1OC[C@@H](O)[C@@H](O)[C@H]1O. The van der Waals surface area contributed by atoms with E-state index in [4.69, 9.17) is 4.74 Å². The second-order valence-corrected chi connectivity index (χ2v) is 3.99. The Labute approximate surface area is 108 Å². The first kappa shape index (κ1) is 13.6. The highest BCUT2D eigenvalue weighted by molar-refractivity contribution is 5.78. The van der Waals surface area contributed by atoms with Crippen LogP contribution in [0.3, 0.4) is 0 Å². The van der Waals surface area contributed by atoms with Crippen molar-refractivity contribution in [3.63, 3.8) is 0 Å². The summed E-state index contributed by atoms with van der Waals surface area (Å²) in [6.45, 7) is -0.128. The van der Waals surface area contributed by atoms with Crippen molar-refractivity contribution in [1.82, 2.24) is 9.97 Å². The Bertz CT molecular complexity index is 446. The molecule has 2 rings (SSSR count). The van der Waals surface area contributed by atoms with E-state index in [0.29, 0.717) is 12.1 Å². The third kappa shape index (κ3) is 2.96. The molecule has 1 amide bonds. The van der Waals surface area contributed by atoms with Crippen molar-refractivity contribution in [3.05, 3.63) is 12.5 Å². The number of hydrogen-bond acceptors (Lipinski definition) is 8. The Morgan fingerprint density at radius 1 is 1.37 bits per heavy atom. The summed E-state index contributed by atoms with van der Waals surface area (Å²) in [7, 11) is 0. The van der Waals surface area contributed by atoms with Crippen LogP contribution in [0, 0.1) is 0 Å². The molecule has 19 heavy (non-hydrogen) atoms. The first-order valence-corrected chi connectivity index (χ1v) is 5.56. The monoisotopic (exact) mass is 270 g/mol. The Balaban J connectivity index is 2.10. The molecule has 0 aromatic carbocycles. The van der Waals surface area contributed by atoms with Gasteiger partial charge in [0.2, 0.25) is 6.41 Å². The Morgan fingerprint density at radius 3 is 2.89 bits per heavy atom. The van der Waals surface area contributed by atoms with E-state index in [9.17, 15) is 20.1 Å². The van der Waals surface area contributed by atoms with Gasteiger partial charge in [-0.05, 0) is 0 Å². The number of aromatic nitrogens is 2. The van der Waals surface area contributed by atoms with Crippen LogP contribution in [0.4, 0.5) is 11.5 Å². The van der Waals surface area contributed by atoms with Crippen molar-refractivity contribution in [1.29, 1.82) is 0 Å². The van der Waals surface area contributed by atoms with Crippen molar-refractivity contribution in [3.8, 4) is 0 Å². The van der Waals surface area contributed by atoms with Crippen molar-refractivity contribution < 1.29 is 24.9 Å². The van der Waals surface area contributed by atoms with Crippen molar-refractivity contribution in [2.24, 2.45) is 0 Å². The molecule has 0 bridgehead atoms. The van der Waals surface area contributed by atoms with Gasteiger partial charge in [-0.1, -0.05) is 0 Å². The van der Waals surface area contributed by atoms with E-state index < -0.39 is 24.5 Å². The summed E-state index contributed by atoms with van der Waals surface area (Å²) in [5.41, 5.74) is 0.300. The van der Waals surface area contributed by atoms with Gasteiger partial charge in [-0.25, -0.2) is 9.97 Å². The van der Waals surface area contributed by atoms with Gasteiger partial charge in [0.25, 0.3) is 0 Å². The topological polar surface area (TPSA) is 137 Å². The molecule has 1 fully saturated rings. The first-order valence-electron chi connectivity index (χ1n) is 5.56. The Morgan fingerprint density at radius 2 is 2.16 bits per heavy atom. The van der Waals surface area contributed by atoms with Crippen LogP contribution in [-0.2, 0) is 9.53 Å². The summed E-state index contributed by atoms with van der Waals surface area (Å²) in [4.78, 5) is 18.1. The molecule has 104 valence electrons. The van der Waals surface area contributed by atoms with Gasteiger partial charge in [0.15, 0.2) is 12.0 Å². The lowest BCUT2D eigenvalue weighted by molar-refractivity contribution is -0.178. The van der Waals surface area contributed by atoms with Gasteiger partial charge in [0.05, 0.1) is 12.8 Å². The van der Waals surface area contributed by atoms with Crippen molar-refractivity contribution in [2.45, 2.75) is 24.5 Å². The molecular formula is C10H14N4O5. The van der Waals surface area contributed by atoms with Gasteiger partial charge in [-0.2, -0.15) is 0 Å². The largest absolute Gasteiger partial charge is 0.388 e. The lowest BCUT2D eigenvalue weighted by Gasteiger charge is -2.35. The van der Waals surface area contributed by atoms with Gasteiger partial charge >= 0.3 is 0 Å². The van der Waals surface area contributed by atoms with Crippen LogP contribution in [0.1, 0.15) is 0 Å². The molecule has 1 saturated heterocycles. The molecule has 1 aliphatic rings. The summed E-state index contributed by atoms with van der Waals surface area (Å²) in [5, 5.41) is 33.7. The average molecular weight is 270 g/mol. The summed E-state index contributed by atoms with van der Waals surface area (Å²) in [6.07, 6.45) is -1.69. The number of carbonyl (C=O) groups is 1. The number of amides is 1. The lowest BCUT2D eigenvalue weighted by atomic mass is 10.0. The van der Waals surface area contributed by atoms with Crippen molar-refractivity contribution >= 4 is 17.9 Å². The molecule has 0 spiro atoms. The maximum absolute atomic E-state index is 10.4. The lowest BCUT2D eigenvalue weighted by Crippen LogP contribution is -2.55. The maximum atomic E-state index is 10.4. The number of ether oxygens (including phenoxy) is 1. The second-order valence-electron chi connectivity index (χ2n) is 3.99. The smallest absolute Gasteiger partial charge is 0.211 e. The first-order chi connectivity index (χ1) is 9.13. The average Bonchev–Trinajstić information content (AvgIpc) is 2.42. The van der Waals surface area contributed by atoms with Gasteiger partial charge in [0, 0.05) is 0 Å². The molecule has 1 aromatic heterocycles. The van der Waals surface area contributed by atoms with E-state index in [1.807, 2.05) is 0 Å². The van der Waals surface area contributed by atoms with Gasteiger partial charge in [-0.15, -0.1) is 0 Å². The van der Waals surface area contributed by atoms with Crippen LogP contribution < -0.4 is 10.6 Å². The van der Waals surface area contributed by atoms with Crippen LogP contribution >= 0.6 is 0 Å². The highest BCUT2D eigenvalue weighted by Crippen LogP contribution is 2.21. The molecule has 0 saturated carbocycles. The zero-order valence-corrected chi connectivity index (χ0v) is 9.80. The molecule has 1 aromatic rings. The predicted octanol–water partition coefficient (Wildman–Crippen LogP) is -2.10. The number of nitrogens with one attached hydrogen (secondary N) is 2. The molecule has 0 radical (unpaired) electrons. The van der Waals surface area contributed by atoms with Crippen LogP contribution in [0.5, 0.6) is 0 Å². The number of nitrogens with zero attached hydrogens (tertiary/aromatic N) is 2. The molecule has 0 aliphatic carbocycles. The van der Waals surface area contributed by atoms with E-state index in [2.05, 4.69) is 20.6 Å². The summed E-state index contributed by atoms with van der Waals surface area (Å²) in [5.74, 6) is 0.231. The van der Waals surface area contributed by atoms with Gasteiger partial charge in [-0.3, -0.25) is 4.79 Å². The normalized spacial score (nSPS) is 30.7. The molecule has 5 N–H and O–H groups in total. The standard InChI is InChI=1S/C10H14N4O5/c15-4-13-5-1-11-3-12-9(5)14-10-8(18)7(17)6(16)2-19-10/h1,3-4,6-8,10,16-18H,2H2,(H,13,15)(H,11,12,14)/t6-,7-,8-,10-/m1/s1. The van der Waals surface area contributed by atoms with E-state index in [1.54, 1.807) is 0 Å². The highest BCUT2D eigenvalue weighted by atomic mass is 16.5. The van der Waals surface area contributed by atoms with Crippen LogP contribution in [-0.4, -0.2) is 62.8 Å². The fraction of sp³-hybridized carbons (Fsp3) is 0.500. The molecule has 2 heterocycles. The summed E-state index contributed by atoms with van der Waals surface area (Å²) >= 11 is 0. The fourth-order valence-corrected chi connectivity index (χ4v) is 1.68. The molecule has 4 atom stereocenters.